The molecule has 0 atom stereocenters. The predicted octanol–water partition coefficient (Wildman–Crippen LogP) is 3.79. The van der Waals surface area contributed by atoms with Crippen LogP contribution in [0.25, 0.3) is 11.3 Å². The van der Waals surface area contributed by atoms with E-state index in [0.29, 0.717) is 34.7 Å². The first-order valence-corrected chi connectivity index (χ1v) is 7.99. The third-order valence-corrected chi connectivity index (χ3v) is 4.08. The Morgan fingerprint density at radius 2 is 1.92 bits per heavy atom. The lowest BCUT2D eigenvalue weighted by atomic mass is 10.0. The number of nitrogens with two attached hydrogens (primary N) is 1. The van der Waals surface area contributed by atoms with E-state index >= 15 is 0 Å². The van der Waals surface area contributed by atoms with Crippen molar-refractivity contribution in [3.8, 4) is 17.0 Å². The molecule has 0 saturated carbocycles. The Morgan fingerprint density at radius 3 is 2.60 bits per heavy atom. The number of hydrogen-bond donors (Lipinski definition) is 1. The van der Waals surface area contributed by atoms with Gasteiger partial charge in [-0.1, -0.05) is 41.9 Å². The van der Waals surface area contributed by atoms with Crippen molar-refractivity contribution in [3.05, 3.63) is 70.5 Å². The highest BCUT2D eigenvalue weighted by Gasteiger charge is 2.16. The highest BCUT2D eigenvalue weighted by Crippen LogP contribution is 2.31. The smallest absolute Gasteiger partial charge is 0.157 e. The third-order valence-electron chi connectivity index (χ3n) is 3.81. The molecule has 25 heavy (non-hydrogen) atoms. The van der Waals surface area contributed by atoms with Gasteiger partial charge in [0.15, 0.2) is 11.4 Å². The fourth-order valence-corrected chi connectivity index (χ4v) is 2.77. The maximum absolute atomic E-state index is 11.5. The number of carbonyl (C=O) groups excluding carboxylic acids is 1. The predicted molar refractivity (Wildman–Crippen MR) is 98.1 cm³/mol. The van der Waals surface area contributed by atoms with Crippen molar-refractivity contribution in [2.75, 3.05) is 12.8 Å². The quantitative estimate of drug-likeness (QED) is 0.706. The molecule has 2 aromatic carbocycles. The monoisotopic (exact) mass is 353 g/mol. The van der Waals surface area contributed by atoms with Crippen LogP contribution in [-0.4, -0.2) is 23.4 Å². The van der Waals surface area contributed by atoms with Crippen molar-refractivity contribution < 1.29 is 9.53 Å². The van der Waals surface area contributed by atoms with Crippen LogP contribution in [0.15, 0.2) is 48.5 Å². The van der Waals surface area contributed by atoms with Crippen LogP contribution in [0.3, 0.4) is 0 Å². The molecule has 0 unspecified atom stereocenters. The summed E-state index contributed by atoms with van der Waals surface area (Å²) >= 11 is 6.24. The number of rotatable bonds is 5. The average molecular weight is 354 g/mol. The molecular formula is C19H16ClN3O2. The maximum Gasteiger partial charge on any atom is 0.157 e. The van der Waals surface area contributed by atoms with Crippen LogP contribution < -0.4 is 10.5 Å². The van der Waals surface area contributed by atoms with Crippen molar-refractivity contribution >= 4 is 23.7 Å². The largest absolute Gasteiger partial charge is 0.497 e. The van der Waals surface area contributed by atoms with E-state index in [4.69, 9.17) is 22.1 Å². The highest BCUT2D eigenvalue weighted by atomic mass is 35.5. The first-order valence-electron chi connectivity index (χ1n) is 7.61. The van der Waals surface area contributed by atoms with Crippen LogP contribution in [0.1, 0.15) is 21.6 Å². The second kappa shape index (κ2) is 7.32. The molecule has 0 saturated heterocycles. The van der Waals surface area contributed by atoms with Gasteiger partial charge >= 0.3 is 0 Å². The van der Waals surface area contributed by atoms with Crippen LogP contribution in [0, 0.1) is 0 Å². The Bertz CT molecular complexity index is 914. The molecular weight excluding hydrogens is 338 g/mol. The summed E-state index contributed by atoms with van der Waals surface area (Å²) in [5.74, 6) is 0.855. The van der Waals surface area contributed by atoms with Gasteiger partial charge in [-0.05, 0) is 23.8 Å². The van der Waals surface area contributed by atoms with E-state index in [-0.39, 0.29) is 11.0 Å². The summed E-state index contributed by atoms with van der Waals surface area (Å²) in [4.78, 5) is 20.2. The van der Waals surface area contributed by atoms with E-state index in [1.54, 1.807) is 18.2 Å². The van der Waals surface area contributed by atoms with Gasteiger partial charge in [0.25, 0.3) is 0 Å². The zero-order valence-electron chi connectivity index (χ0n) is 13.6. The molecule has 2 N–H and O–H groups in total. The number of aromatic nitrogens is 2. The molecule has 0 amide bonds. The van der Waals surface area contributed by atoms with Crippen LogP contribution >= 0.6 is 11.6 Å². The van der Waals surface area contributed by atoms with Crippen molar-refractivity contribution in [1.29, 1.82) is 0 Å². The third kappa shape index (κ3) is 3.61. The summed E-state index contributed by atoms with van der Waals surface area (Å²) in [6.45, 7) is 0. The van der Waals surface area contributed by atoms with E-state index in [2.05, 4.69) is 9.97 Å². The van der Waals surface area contributed by atoms with Crippen LogP contribution in [0.5, 0.6) is 5.75 Å². The topological polar surface area (TPSA) is 78.1 Å². The summed E-state index contributed by atoms with van der Waals surface area (Å²) in [5.41, 5.74) is 9.08. The Hall–Kier alpha value is -2.92. The second-order valence-electron chi connectivity index (χ2n) is 5.43. The Morgan fingerprint density at radius 1 is 1.16 bits per heavy atom. The highest BCUT2D eigenvalue weighted by molar-refractivity contribution is 6.32. The molecule has 6 heteroatoms. The summed E-state index contributed by atoms with van der Waals surface area (Å²) in [7, 11) is 1.54. The number of nitrogens with zero attached hydrogens (tertiary/aromatic N) is 2. The number of nitrogen functional groups attached to an aromatic ring is 1. The number of halogens is 1. The van der Waals surface area contributed by atoms with Gasteiger partial charge < -0.3 is 10.5 Å². The molecule has 5 nitrogen and oxygen atoms in total. The first kappa shape index (κ1) is 16.9. The molecule has 1 heterocycles. The van der Waals surface area contributed by atoms with Gasteiger partial charge in [-0.3, -0.25) is 4.79 Å². The minimum Gasteiger partial charge on any atom is -0.497 e. The first-order chi connectivity index (χ1) is 12.1. The minimum atomic E-state index is 0.155. The molecule has 0 aliphatic carbocycles. The number of anilines is 1. The van der Waals surface area contributed by atoms with Crippen molar-refractivity contribution in [2.24, 2.45) is 0 Å². The number of methoxy groups -OCH3 is 1. The van der Waals surface area contributed by atoms with Gasteiger partial charge in [-0.25, -0.2) is 9.97 Å². The molecule has 0 spiro atoms. The summed E-state index contributed by atoms with van der Waals surface area (Å²) in [6, 6.07) is 14.9. The molecule has 0 radical (unpaired) electrons. The van der Waals surface area contributed by atoms with Gasteiger partial charge in [0.05, 0.1) is 12.8 Å². The summed E-state index contributed by atoms with van der Waals surface area (Å²) < 4.78 is 5.15. The van der Waals surface area contributed by atoms with Gasteiger partial charge in [0.2, 0.25) is 0 Å². The molecule has 0 bridgehead atoms. The molecule has 126 valence electrons. The number of carbonyl (C=O) groups is 1. The number of ether oxygens (including phenoxy) is 1. The van der Waals surface area contributed by atoms with E-state index in [1.807, 2.05) is 30.3 Å². The van der Waals surface area contributed by atoms with Crippen molar-refractivity contribution in [3.63, 3.8) is 0 Å². The summed E-state index contributed by atoms with van der Waals surface area (Å²) in [6.07, 6.45) is 1.26. The van der Waals surface area contributed by atoms with Gasteiger partial charge in [0.1, 0.15) is 17.3 Å². The fraction of sp³-hybridized carbons (Fsp3) is 0.105. The molecule has 0 fully saturated rings. The Kier molecular flexibility index (Phi) is 4.95. The normalized spacial score (nSPS) is 10.5. The number of benzene rings is 2. The lowest BCUT2D eigenvalue weighted by Crippen LogP contribution is -2.05. The SMILES string of the molecule is COc1ccc(-c2nc(Cc3ccccc3)c(N)nc2Cl)c(C=O)c1. The lowest BCUT2D eigenvalue weighted by Gasteiger charge is -2.11. The van der Waals surface area contributed by atoms with Crippen LogP contribution in [0.4, 0.5) is 5.82 Å². The molecule has 1 aromatic heterocycles. The zero-order valence-corrected chi connectivity index (χ0v) is 14.3. The standard InChI is InChI=1S/C19H16ClN3O2/c1-25-14-7-8-15(13(10-14)11-24)17-18(20)23-19(21)16(22-17)9-12-5-3-2-4-6-12/h2-8,10-11H,9H2,1H3,(H2,21,23). The van der Waals surface area contributed by atoms with E-state index in [0.717, 1.165) is 11.8 Å². The number of hydrogen-bond acceptors (Lipinski definition) is 5. The van der Waals surface area contributed by atoms with E-state index in [9.17, 15) is 4.79 Å². The Labute approximate surface area is 150 Å². The molecule has 0 aliphatic heterocycles. The second-order valence-corrected chi connectivity index (χ2v) is 5.79. The van der Waals surface area contributed by atoms with Crippen molar-refractivity contribution in [1.82, 2.24) is 9.97 Å². The van der Waals surface area contributed by atoms with Crippen molar-refractivity contribution in [2.45, 2.75) is 6.42 Å². The minimum absolute atomic E-state index is 0.155. The van der Waals surface area contributed by atoms with E-state index in [1.165, 1.54) is 7.11 Å². The van der Waals surface area contributed by atoms with Gasteiger partial charge in [-0.2, -0.15) is 0 Å². The maximum atomic E-state index is 11.5. The summed E-state index contributed by atoms with van der Waals surface area (Å²) in [5, 5.41) is 0.155. The van der Waals surface area contributed by atoms with Gasteiger partial charge in [0, 0.05) is 17.5 Å². The van der Waals surface area contributed by atoms with E-state index < -0.39 is 0 Å². The van der Waals surface area contributed by atoms with Crippen LogP contribution in [0.2, 0.25) is 5.15 Å². The number of aldehydes is 1. The van der Waals surface area contributed by atoms with Gasteiger partial charge in [-0.15, -0.1) is 0 Å². The Balaban J connectivity index is 2.08. The molecule has 3 aromatic rings. The molecule has 3 rings (SSSR count). The fourth-order valence-electron chi connectivity index (χ4n) is 2.53. The van der Waals surface area contributed by atoms with Crippen LogP contribution in [-0.2, 0) is 6.42 Å². The molecule has 0 aliphatic rings. The average Bonchev–Trinajstić information content (AvgIpc) is 2.64. The zero-order chi connectivity index (χ0) is 17.8. The lowest BCUT2D eigenvalue weighted by molar-refractivity contribution is 0.112.